The lowest BCUT2D eigenvalue weighted by molar-refractivity contribution is 0.0989. The van der Waals surface area contributed by atoms with Crippen LogP contribution in [-0.2, 0) is 0 Å². The summed E-state index contributed by atoms with van der Waals surface area (Å²) < 4.78 is 5.17. The molecule has 0 aliphatic carbocycles. The molecule has 0 unspecified atom stereocenters. The molecule has 3 rings (SSSR count). The Morgan fingerprint density at radius 1 is 1.22 bits per heavy atom. The molecule has 0 bridgehead atoms. The van der Waals surface area contributed by atoms with Gasteiger partial charge < -0.3 is 14.5 Å². The Morgan fingerprint density at radius 3 is 2.61 bits per heavy atom. The van der Waals surface area contributed by atoms with E-state index in [0.29, 0.717) is 29.6 Å². The van der Waals surface area contributed by atoms with Gasteiger partial charge in [0.25, 0.3) is 5.91 Å². The largest absolute Gasteiger partial charge is 0.497 e. The Labute approximate surface area is 139 Å². The van der Waals surface area contributed by atoms with Crippen LogP contribution in [-0.4, -0.2) is 49.4 Å². The first-order chi connectivity index (χ1) is 11.1. The average molecular weight is 330 g/mol. The second-order valence-electron chi connectivity index (χ2n) is 5.17. The second-order valence-corrected chi connectivity index (χ2v) is 5.94. The number of fused-ring (bicyclic) bond motifs is 1. The normalized spacial score (nSPS) is 14.5. The van der Waals surface area contributed by atoms with Gasteiger partial charge in [0.2, 0.25) is 0 Å². The van der Waals surface area contributed by atoms with Gasteiger partial charge in [-0.1, -0.05) is 11.8 Å². The number of nitrogens with zero attached hydrogens (tertiary/aromatic N) is 4. The number of hydrogen-bond acceptors (Lipinski definition) is 6. The van der Waals surface area contributed by atoms with Crippen LogP contribution in [0.4, 0.5) is 11.5 Å². The van der Waals surface area contributed by atoms with Crippen molar-refractivity contribution in [2.24, 2.45) is 0 Å². The highest BCUT2D eigenvalue weighted by Gasteiger charge is 2.27. The van der Waals surface area contributed by atoms with E-state index in [1.807, 2.05) is 42.5 Å². The lowest BCUT2D eigenvalue weighted by atomic mass is 10.2. The summed E-state index contributed by atoms with van der Waals surface area (Å²) in [7, 11) is 3.57. The molecule has 0 saturated carbocycles. The van der Waals surface area contributed by atoms with Crippen molar-refractivity contribution in [3.8, 4) is 5.75 Å². The van der Waals surface area contributed by atoms with Crippen molar-refractivity contribution in [3.63, 3.8) is 0 Å². The third kappa shape index (κ3) is 2.96. The van der Waals surface area contributed by atoms with Gasteiger partial charge in [0.05, 0.1) is 7.11 Å². The van der Waals surface area contributed by atoms with Crippen LogP contribution in [0.2, 0.25) is 0 Å². The molecule has 1 amide bonds. The van der Waals surface area contributed by atoms with Gasteiger partial charge in [-0.15, -0.1) is 0 Å². The number of benzene rings is 1. The van der Waals surface area contributed by atoms with Gasteiger partial charge in [-0.3, -0.25) is 4.79 Å². The number of carbonyl (C=O) groups excluding carboxylic acids is 1. The number of aromatic nitrogens is 2. The zero-order valence-electron chi connectivity index (χ0n) is 13.3. The fourth-order valence-electron chi connectivity index (χ4n) is 2.51. The van der Waals surface area contributed by atoms with E-state index in [2.05, 4.69) is 9.97 Å². The van der Waals surface area contributed by atoms with Crippen molar-refractivity contribution in [2.45, 2.75) is 5.16 Å². The number of methoxy groups -OCH3 is 1. The molecule has 23 heavy (non-hydrogen) atoms. The first-order valence-corrected chi connectivity index (χ1v) is 8.44. The van der Waals surface area contributed by atoms with Crippen LogP contribution in [0.15, 0.2) is 35.6 Å². The number of ether oxygens (including phenoxy) is 1. The molecule has 6 nitrogen and oxygen atoms in total. The van der Waals surface area contributed by atoms with Crippen LogP contribution in [0.3, 0.4) is 0 Å². The Kier molecular flexibility index (Phi) is 4.38. The summed E-state index contributed by atoms with van der Waals surface area (Å²) in [5, 5.41) is 0.668. The van der Waals surface area contributed by atoms with Crippen molar-refractivity contribution in [1.29, 1.82) is 0 Å². The molecule has 0 fully saturated rings. The molecule has 0 saturated heterocycles. The van der Waals surface area contributed by atoms with Gasteiger partial charge in [0, 0.05) is 32.0 Å². The maximum absolute atomic E-state index is 12.9. The van der Waals surface area contributed by atoms with E-state index < -0.39 is 0 Å². The molecule has 120 valence electrons. The molecule has 2 aromatic rings. The number of hydrogen-bond donors (Lipinski definition) is 0. The summed E-state index contributed by atoms with van der Waals surface area (Å²) >= 11 is 1.47. The maximum atomic E-state index is 12.9. The highest BCUT2D eigenvalue weighted by Crippen LogP contribution is 2.27. The number of amides is 1. The zero-order valence-corrected chi connectivity index (χ0v) is 14.1. The average Bonchev–Trinajstić information content (AvgIpc) is 2.72. The number of thioether (sulfide) groups is 1. The molecule has 0 spiro atoms. The fourth-order valence-corrected chi connectivity index (χ4v) is 2.84. The molecular weight excluding hydrogens is 312 g/mol. The lowest BCUT2D eigenvalue weighted by Crippen LogP contribution is -2.33. The maximum Gasteiger partial charge on any atom is 0.263 e. The Balaban J connectivity index is 1.99. The smallest absolute Gasteiger partial charge is 0.263 e. The third-order valence-electron chi connectivity index (χ3n) is 3.81. The first kappa shape index (κ1) is 15.6. The SMILES string of the molecule is COc1ccc(N2CCN(C)c3nc(SC)ncc3C2=O)cc1. The van der Waals surface area contributed by atoms with E-state index in [1.54, 1.807) is 18.2 Å². The Hall–Kier alpha value is -2.28. The van der Waals surface area contributed by atoms with Gasteiger partial charge in [0.1, 0.15) is 17.1 Å². The molecule has 7 heteroatoms. The van der Waals surface area contributed by atoms with Crippen molar-refractivity contribution in [1.82, 2.24) is 9.97 Å². The van der Waals surface area contributed by atoms with Gasteiger partial charge in [-0.25, -0.2) is 9.97 Å². The monoisotopic (exact) mass is 330 g/mol. The second kappa shape index (κ2) is 6.45. The van der Waals surface area contributed by atoms with E-state index in [0.717, 1.165) is 11.4 Å². The molecule has 1 aliphatic rings. The van der Waals surface area contributed by atoms with Gasteiger partial charge in [0.15, 0.2) is 5.16 Å². The predicted octanol–water partition coefficient (Wildman–Crippen LogP) is 2.30. The van der Waals surface area contributed by atoms with Crippen LogP contribution in [0.25, 0.3) is 0 Å². The quantitative estimate of drug-likeness (QED) is 0.636. The minimum atomic E-state index is -0.0813. The van der Waals surface area contributed by atoms with Crippen LogP contribution < -0.4 is 14.5 Å². The number of carbonyl (C=O) groups is 1. The minimum absolute atomic E-state index is 0.0813. The van der Waals surface area contributed by atoms with Crippen LogP contribution >= 0.6 is 11.8 Å². The van der Waals surface area contributed by atoms with Crippen molar-refractivity contribution in [2.75, 3.05) is 43.3 Å². The molecular formula is C16H18N4O2S. The number of anilines is 2. The molecule has 0 atom stereocenters. The lowest BCUT2D eigenvalue weighted by Gasteiger charge is -2.21. The van der Waals surface area contributed by atoms with Crippen molar-refractivity contribution >= 4 is 29.2 Å². The van der Waals surface area contributed by atoms with E-state index >= 15 is 0 Å². The highest BCUT2D eigenvalue weighted by atomic mass is 32.2. The summed E-state index contributed by atoms with van der Waals surface area (Å²) in [5.41, 5.74) is 1.37. The summed E-state index contributed by atoms with van der Waals surface area (Å²) in [5.74, 6) is 1.37. The van der Waals surface area contributed by atoms with Gasteiger partial charge >= 0.3 is 0 Å². The number of likely N-dealkylation sites (N-methyl/N-ethyl adjacent to an activating group) is 1. The molecule has 1 aliphatic heterocycles. The summed E-state index contributed by atoms with van der Waals surface area (Å²) in [4.78, 5) is 25.4. The Morgan fingerprint density at radius 2 is 1.96 bits per heavy atom. The van der Waals surface area contributed by atoms with E-state index in [-0.39, 0.29) is 5.91 Å². The molecule has 1 aromatic carbocycles. The molecule has 2 heterocycles. The first-order valence-electron chi connectivity index (χ1n) is 7.22. The standard InChI is InChI=1S/C16H18N4O2S/c1-19-8-9-20(11-4-6-12(22-2)7-5-11)15(21)13-10-17-16(23-3)18-14(13)19/h4-7,10H,8-9H2,1-3H3. The topological polar surface area (TPSA) is 58.6 Å². The van der Waals surface area contributed by atoms with Crippen LogP contribution in [0.1, 0.15) is 10.4 Å². The summed E-state index contributed by atoms with van der Waals surface area (Å²) in [6, 6.07) is 7.48. The molecule has 0 N–H and O–H groups in total. The van der Waals surface area contributed by atoms with Crippen LogP contribution in [0.5, 0.6) is 5.75 Å². The Bertz CT molecular complexity index is 721. The zero-order chi connectivity index (χ0) is 16.4. The van der Waals surface area contributed by atoms with E-state index in [9.17, 15) is 4.79 Å². The fraction of sp³-hybridized carbons (Fsp3) is 0.312. The summed E-state index contributed by atoms with van der Waals surface area (Å²) in [6.07, 6.45) is 3.54. The predicted molar refractivity (Wildman–Crippen MR) is 91.8 cm³/mol. The van der Waals surface area contributed by atoms with Gasteiger partial charge in [-0.05, 0) is 30.5 Å². The molecule has 0 radical (unpaired) electrons. The van der Waals surface area contributed by atoms with E-state index in [1.165, 1.54) is 11.8 Å². The highest BCUT2D eigenvalue weighted by molar-refractivity contribution is 7.98. The van der Waals surface area contributed by atoms with Crippen LogP contribution in [0, 0.1) is 0 Å². The molecule has 1 aromatic heterocycles. The third-order valence-corrected chi connectivity index (χ3v) is 4.37. The minimum Gasteiger partial charge on any atom is -0.497 e. The van der Waals surface area contributed by atoms with Crippen molar-refractivity contribution < 1.29 is 9.53 Å². The summed E-state index contributed by atoms with van der Waals surface area (Å²) in [6.45, 7) is 1.29. The van der Waals surface area contributed by atoms with Gasteiger partial charge in [-0.2, -0.15) is 0 Å². The van der Waals surface area contributed by atoms with Crippen molar-refractivity contribution in [3.05, 3.63) is 36.0 Å². The van der Waals surface area contributed by atoms with E-state index in [4.69, 9.17) is 4.74 Å². The number of rotatable bonds is 3.